The molecular weight excluding hydrogens is 502 g/mol. The number of carbonyl (C=O) groups excluding carboxylic acids is 1. The zero-order valence-corrected chi connectivity index (χ0v) is 22.5. The molecule has 0 saturated carbocycles. The van der Waals surface area contributed by atoms with Crippen LogP contribution >= 0.6 is 11.6 Å². The third-order valence-electron chi connectivity index (χ3n) is 6.36. The van der Waals surface area contributed by atoms with Gasteiger partial charge in [-0.05, 0) is 44.9 Å². The van der Waals surface area contributed by atoms with Crippen molar-refractivity contribution in [3.8, 4) is 0 Å². The molecule has 2 atom stereocenters. The number of carbonyl (C=O) groups is 1. The number of anilines is 2. The Bertz CT molecular complexity index is 1390. The highest BCUT2D eigenvalue weighted by Gasteiger charge is 2.29. The van der Waals surface area contributed by atoms with E-state index >= 15 is 0 Å². The van der Waals surface area contributed by atoms with Crippen molar-refractivity contribution >= 4 is 44.7 Å². The summed E-state index contributed by atoms with van der Waals surface area (Å²) in [6.07, 6.45) is 4.52. The molecule has 1 aliphatic heterocycles. The van der Waals surface area contributed by atoms with Crippen LogP contribution in [0.3, 0.4) is 0 Å². The third kappa shape index (κ3) is 5.42. The summed E-state index contributed by atoms with van der Waals surface area (Å²) in [6.45, 7) is 7.88. The lowest BCUT2D eigenvalue weighted by atomic mass is 10.1. The molecule has 1 aliphatic rings. The van der Waals surface area contributed by atoms with E-state index in [4.69, 9.17) is 27.4 Å². The highest BCUT2D eigenvalue weighted by atomic mass is 35.5. The number of aromatic nitrogens is 3. The van der Waals surface area contributed by atoms with Crippen molar-refractivity contribution in [3.63, 3.8) is 0 Å². The largest absolute Gasteiger partial charge is 0.355 e. The number of sulfonamides is 1. The molecule has 0 unspecified atom stereocenters. The fourth-order valence-corrected chi connectivity index (χ4v) is 5.46. The lowest BCUT2D eigenvalue weighted by Crippen LogP contribution is -2.35. The summed E-state index contributed by atoms with van der Waals surface area (Å²) < 4.78 is 27.9. The molecule has 0 aliphatic carbocycles. The first kappa shape index (κ1) is 26.2. The van der Waals surface area contributed by atoms with Gasteiger partial charge in [-0.1, -0.05) is 18.5 Å². The number of hydrogen-bond donors (Lipinski definition) is 2. The second-order valence-electron chi connectivity index (χ2n) is 9.19. The lowest BCUT2D eigenvalue weighted by Gasteiger charge is -2.29. The SMILES string of the molecule is CC[C@@H](c1cc2nc(N3CC[C@H](N)C3)c(C)cn2n1)N(CC)C(=O)c1cc(Cl)ccc1NS(C)(=O)=O. The number of nitrogens with two attached hydrogens (primary N) is 1. The first-order valence-corrected chi connectivity index (χ1v) is 14.2. The van der Waals surface area contributed by atoms with Gasteiger partial charge in [0.1, 0.15) is 5.82 Å². The zero-order chi connectivity index (χ0) is 26.2. The minimum atomic E-state index is -3.59. The van der Waals surface area contributed by atoms with Gasteiger partial charge in [0.25, 0.3) is 5.91 Å². The van der Waals surface area contributed by atoms with Gasteiger partial charge in [0.15, 0.2) is 5.65 Å². The molecule has 194 valence electrons. The van der Waals surface area contributed by atoms with E-state index in [-0.39, 0.29) is 29.2 Å². The van der Waals surface area contributed by atoms with Crippen LogP contribution in [0.25, 0.3) is 5.65 Å². The van der Waals surface area contributed by atoms with E-state index in [0.29, 0.717) is 29.3 Å². The molecule has 3 aromatic rings. The van der Waals surface area contributed by atoms with Crippen LogP contribution in [0.1, 0.15) is 54.3 Å². The van der Waals surface area contributed by atoms with Crippen LogP contribution in [-0.4, -0.2) is 65.8 Å². The minimum absolute atomic E-state index is 0.144. The summed E-state index contributed by atoms with van der Waals surface area (Å²) in [5.41, 5.74) is 8.85. The molecule has 36 heavy (non-hydrogen) atoms. The Kier molecular flexibility index (Phi) is 7.44. The Morgan fingerprint density at radius 1 is 1.33 bits per heavy atom. The summed E-state index contributed by atoms with van der Waals surface area (Å²) in [5.74, 6) is 0.555. The molecule has 0 radical (unpaired) electrons. The molecule has 4 rings (SSSR count). The number of benzene rings is 1. The minimum Gasteiger partial charge on any atom is -0.355 e. The van der Waals surface area contributed by atoms with E-state index in [2.05, 4.69) is 9.62 Å². The molecule has 12 heteroatoms. The van der Waals surface area contributed by atoms with Crippen molar-refractivity contribution in [1.82, 2.24) is 19.5 Å². The van der Waals surface area contributed by atoms with Gasteiger partial charge < -0.3 is 15.5 Å². The van der Waals surface area contributed by atoms with Crippen LogP contribution in [0.2, 0.25) is 5.02 Å². The first-order valence-electron chi connectivity index (χ1n) is 12.0. The molecule has 10 nitrogen and oxygen atoms in total. The zero-order valence-electron chi connectivity index (χ0n) is 20.9. The van der Waals surface area contributed by atoms with Crippen LogP contribution in [-0.2, 0) is 10.0 Å². The Labute approximate surface area is 216 Å². The second kappa shape index (κ2) is 10.2. The summed E-state index contributed by atoms with van der Waals surface area (Å²) >= 11 is 6.17. The average Bonchev–Trinajstić information content (AvgIpc) is 3.42. The van der Waals surface area contributed by atoms with E-state index in [0.717, 1.165) is 37.1 Å². The van der Waals surface area contributed by atoms with Gasteiger partial charge in [-0.25, -0.2) is 17.9 Å². The van der Waals surface area contributed by atoms with E-state index in [1.54, 1.807) is 15.5 Å². The van der Waals surface area contributed by atoms with Gasteiger partial charge in [0, 0.05) is 48.5 Å². The quantitative estimate of drug-likeness (QED) is 0.455. The summed E-state index contributed by atoms with van der Waals surface area (Å²) in [7, 11) is -3.59. The van der Waals surface area contributed by atoms with Crippen molar-refractivity contribution < 1.29 is 13.2 Å². The first-order chi connectivity index (χ1) is 17.0. The normalized spacial score (nSPS) is 16.9. The Hall–Kier alpha value is -2.89. The second-order valence-corrected chi connectivity index (χ2v) is 11.4. The van der Waals surface area contributed by atoms with Crippen molar-refractivity contribution in [3.05, 3.63) is 52.3 Å². The van der Waals surface area contributed by atoms with Crippen LogP contribution < -0.4 is 15.4 Å². The molecule has 1 aromatic carbocycles. The van der Waals surface area contributed by atoms with Crippen LogP contribution in [0.5, 0.6) is 0 Å². The summed E-state index contributed by atoms with van der Waals surface area (Å²) in [4.78, 5) is 22.4. The fourth-order valence-electron chi connectivity index (χ4n) is 4.71. The topological polar surface area (TPSA) is 126 Å². The number of amides is 1. The number of nitrogens with one attached hydrogen (secondary N) is 1. The molecular formula is C24H32ClN7O3S. The van der Waals surface area contributed by atoms with Gasteiger partial charge >= 0.3 is 0 Å². The maximum absolute atomic E-state index is 13.7. The number of rotatable bonds is 8. The molecule has 1 saturated heterocycles. The number of fused-ring (bicyclic) bond motifs is 1. The number of hydrogen-bond acceptors (Lipinski definition) is 7. The molecule has 3 heterocycles. The molecule has 3 N–H and O–H groups in total. The average molecular weight is 534 g/mol. The van der Waals surface area contributed by atoms with E-state index in [9.17, 15) is 13.2 Å². The van der Waals surface area contributed by atoms with Crippen LogP contribution in [0.15, 0.2) is 30.5 Å². The van der Waals surface area contributed by atoms with Gasteiger partial charge in [-0.2, -0.15) is 5.10 Å². The number of aryl methyl sites for hydroxylation is 1. The Balaban J connectivity index is 1.70. The maximum Gasteiger partial charge on any atom is 0.256 e. The lowest BCUT2D eigenvalue weighted by molar-refractivity contribution is 0.0679. The predicted molar refractivity (Wildman–Crippen MR) is 142 cm³/mol. The smallest absolute Gasteiger partial charge is 0.256 e. The molecule has 1 fully saturated rings. The van der Waals surface area contributed by atoms with E-state index < -0.39 is 10.0 Å². The summed E-state index contributed by atoms with van der Waals surface area (Å²) in [5, 5.41) is 5.09. The maximum atomic E-state index is 13.7. The van der Waals surface area contributed by atoms with Crippen molar-refractivity contribution in [2.75, 3.05) is 35.5 Å². The van der Waals surface area contributed by atoms with Gasteiger partial charge in [0.2, 0.25) is 10.0 Å². The van der Waals surface area contributed by atoms with Gasteiger partial charge in [-0.3, -0.25) is 9.52 Å². The Morgan fingerprint density at radius 3 is 2.69 bits per heavy atom. The van der Waals surface area contributed by atoms with Crippen molar-refractivity contribution in [2.45, 2.75) is 45.7 Å². The molecule has 1 amide bonds. The van der Waals surface area contributed by atoms with Crippen molar-refractivity contribution in [2.24, 2.45) is 5.73 Å². The van der Waals surface area contributed by atoms with E-state index in [1.165, 1.54) is 12.1 Å². The highest BCUT2D eigenvalue weighted by Crippen LogP contribution is 2.30. The Morgan fingerprint density at radius 2 is 2.08 bits per heavy atom. The fraction of sp³-hybridized carbons (Fsp3) is 0.458. The molecule has 2 aromatic heterocycles. The van der Waals surface area contributed by atoms with Crippen LogP contribution in [0, 0.1) is 6.92 Å². The van der Waals surface area contributed by atoms with Crippen LogP contribution in [0.4, 0.5) is 11.5 Å². The highest BCUT2D eigenvalue weighted by molar-refractivity contribution is 7.92. The summed E-state index contributed by atoms with van der Waals surface area (Å²) in [6, 6.07) is 6.21. The van der Waals surface area contributed by atoms with Gasteiger partial charge in [-0.15, -0.1) is 0 Å². The molecule has 0 bridgehead atoms. The van der Waals surface area contributed by atoms with Gasteiger partial charge in [0.05, 0.1) is 29.2 Å². The predicted octanol–water partition coefficient (Wildman–Crippen LogP) is 3.21. The monoisotopic (exact) mass is 533 g/mol. The molecule has 0 spiro atoms. The third-order valence-corrected chi connectivity index (χ3v) is 7.19. The number of nitrogens with zero attached hydrogens (tertiary/aromatic N) is 5. The number of halogens is 1. The van der Waals surface area contributed by atoms with E-state index in [1.807, 2.05) is 33.0 Å². The van der Waals surface area contributed by atoms with Crippen molar-refractivity contribution in [1.29, 1.82) is 0 Å². The standard InChI is InChI=1S/C24H32ClN7O3S/c1-5-21(31(6-2)24(33)18-11-16(25)7-8-19(18)29-36(4,34)35)20-12-22-27-23(15(3)13-32(22)28-20)30-10-9-17(26)14-30/h7-8,11-13,17,21,29H,5-6,9-10,14,26H2,1-4H3/t17-,21-/m0/s1.